The number of aromatic nitrogens is 1. The van der Waals surface area contributed by atoms with Crippen LogP contribution in [0.4, 0.5) is 5.13 Å². The first-order chi connectivity index (χ1) is 7.42. The summed E-state index contributed by atoms with van der Waals surface area (Å²) in [5, 5.41) is 2.38. The van der Waals surface area contributed by atoms with Crippen molar-refractivity contribution in [3.8, 4) is 0 Å². The SMILES string of the molecule is CC(C)[C@@H]1C[C@@](C)(c2csc(N)n2)OC1=O. The van der Waals surface area contributed by atoms with Crippen molar-refractivity contribution in [3.05, 3.63) is 11.1 Å². The molecule has 2 rings (SSSR count). The van der Waals surface area contributed by atoms with Crippen LogP contribution >= 0.6 is 11.3 Å². The number of carbonyl (C=O) groups is 1. The van der Waals surface area contributed by atoms with Gasteiger partial charge in [-0.25, -0.2) is 4.98 Å². The quantitative estimate of drug-likeness (QED) is 0.804. The van der Waals surface area contributed by atoms with Gasteiger partial charge in [-0.3, -0.25) is 4.79 Å². The van der Waals surface area contributed by atoms with Crippen LogP contribution in [0.25, 0.3) is 0 Å². The largest absolute Gasteiger partial charge is 0.453 e. The zero-order valence-corrected chi connectivity index (χ0v) is 10.5. The lowest BCUT2D eigenvalue weighted by molar-refractivity contribution is -0.151. The third-order valence-electron chi connectivity index (χ3n) is 3.11. The van der Waals surface area contributed by atoms with Gasteiger partial charge in [-0.15, -0.1) is 11.3 Å². The van der Waals surface area contributed by atoms with Crippen molar-refractivity contribution < 1.29 is 9.53 Å². The maximum atomic E-state index is 11.7. The smallest absolute Gasteiger partial charge is 0.310 e. The molecule has 5 heteroatoms. The number of rotatable bonds is 2. The minimum Gasteiger partial charge on any atom is -0.453 e. The van der Waals surface area contributed by atoms with Crippen LogP contribution in [0.3, 0.4) is 0 Å². The van der Waals surface area contributed by atoms with E-state index < -0.39 is 5.60 Å². The maximum absolute atomic E-state index is 11.7. The van der Waals surface area contributed by atoms with Gasteiger partial charge in [0.05, 0.1) is 11.6 Å². The number of anilines is 1. The van der Waals surface area contributed by atoms with Crippen LogP contribution < -0.4 is 5.73 Å². The molecule has 16 heavy (non-hydrogen) atoms. The van der Waals surface area contributed by atoms with Crippen molar-refractivity contribution in [2.75, 3.05) is 5.73 Å². The van der Waals surface area contributed by atoms with Crippen LogP contribution in [0, 0.1) is 11.8 Å². The molecule has 1 fully saturated rings. The van der Waals surface area contributed by atoms with Crippen LogP contribution in [-0.4, -0.2) is 11.0 Å². The second kappa shape index (κ2) is 3.73. The van der Waals surface area contributed by atoms with Gasteiger partial charge in [-0.05, 0) is 12.8 Å². The van der Waals surface area contributed by atoms with E-state index in [0.29, 0.717) is 17.5 Å². The molecule has 0 aliphatic carbocycles. The highest BCUT2D eigenvalue weighted by Gasteiger charge is 2.46. The Bertz CT molecular complexity index is 416. The molecule has 1 saturated heterocycles. The average Bonchev–Trinajstić information content (AvgIpc) is 2.71. The van der Waals surface area contributed by atoms with E-state index in [1.54, 1.807) is 0 Å². The predicted octanol–water partition coefficient (Wildman–Crippen LogP) is 2.16. The molecule has 0 bridgehead atoms. The predicted molar refractivity (Wildman–Crippen MR) is 62.9 cm³/mol. The molecule has 2 heterocycles. The Morgan fingerprint density at radius 2 is 2.38 bits per heavy atom. The number of carbonyl (C=O) groups excluding carboxylic acids is 1. The number of esters is 1. The van der Waals surface area contributed by atoms with E-state index in [-0.39, 0.29) is 11.9 Å². The molecule has 88 valence electrons. The number of nitrogens with zero attached hydrogens (tertiary/aromatic N) is 1. The lowest BCUT2D eigenvalue weighted by Crippen LogP contribution is -2.21. The fraction of sp³-hybridized carbons (Fsp3) is 0.636. The monoisotopic (exact) mass is 240 g/mol. The summed E-state index contributed by atoms with van der Waals surface area (Å²) in [4.78, 5) is 15.9. The molecule has 0 spiro atoms. The van der Waals surface area contributed by atoms with E-state index in [4.69, 9.17) is 10.5 Å². The summed E-state index contributed by atoms with van der Waals surface area (Å²) in [6.45, 7) is 5.97. The lowest BCUT2D eigenvalue weighted by atomic mass is 9.87. The van der Waals surface area contributed by atoms with Crippen LogP contribution in [0.1, 0.15) is 32.9 Å². The van der Waals surface area contributed by atoms with Crippen molar-refractivity contribution in [3.63, 3.8) is 0 Å². The van der Waals surface area contributed by atoms with Gasteiger partial charge in [0.25, 0.3) is 0 Å². The normalized spacial score (nSPS) is 29.8. The highest BCUT2D eigenvalue weighted by Crippen LogP contribution is 2.42. The second-order valence-corrected chi connectivity index (χ2v) is 5.67. The molecule has 1 aromatic heterocycles. The van der Waals surface area contributed by atoms with Gasteiger partial charge in [0, 0.05) is 11.8 Å². The number of hydrogen-bond acceptors (Lipinski definition) is 5. The fourth-order valence-corrected chi connectivity index (χ4v) is 2.72. The van der Waals surface area contributed by atoms with Crippen molar-refractivity contribution in [2.45, 2.75) is 32.8 Å². The van der Waals surface area contributed by atoms with Crippen LogP contribution in [0.2, 0.25) is 0 Å². The van der Waals surface area contributed by atoms with Gasteiger partial charge in [0.1, 0.15) is 0 Å². The van der Waals surface area contributed by atoms with E-state index in [0.717, 1.165) is 5.69 Å². The summed E-state index contributed by atoms with van der Waals surface area (Å²) < 4.78 is 5.47. The van der Waals surface area contributed by atoms with Crippen molar-refractivity contribution in [2.24, 2.45) is 11.8 Å². The Kier molecular flexibility index (Phi) is 2.66. The number of ether oxygens (including phenoxy) is 1. The van der Waals surface area contributed by atoms with E-state index in [9.17, 15) is 4.79 Å². The topological polar surface area (TPSA) is 65.2 Å². The second-order valence-electron chi connectivity index (χ2n) is 4.78. The summed E-state index contributed by atoms with van der Waals surface area (Å²) >= 11 is 1.38. The average molecular weight is 240 g/mol. The molecule has 2 N–H and O–H groups in total. The van der Waals surface area contributed by atoms with Crippen LogP contribution in [-0.2, 0) is 15.1 Å². The van der Waals surface area contributed by atoms with E-state index >= 15 is 0 Å². The van der Waals surface area contributed by atoms with Crippen molar-refractivity contribution >= 4 is 22.4 Å². The molecule has 0 amide bonds. The van der Waals surface area contributed by atoms with Gasteiger partial charge in [-0.1, -0.05) is 13.8 Å². The van der Waals surface area contributed by atoms with Gasteiger partial charge < -0.3 is 10.5 Å². The van der Waals surface area contributed by atoms with Gasteiger partial charge in [0.15, 0.2) is 10.7 Å². The van der Waals surface area contributed by atoms with E-state index in [2.05, 4.69) is 4.98 Å². The first kappa shape index (κ1) is 11.4. The standard InChI is InChI=1S/C11H16N2O2S/c1-6(2)7-4-11(3,15-9(7)14)8-5-16-10(12)13-8/h5-7H,4H2,1-3H3,(H2,12,13)/t7-,11-/m0/s1. The zero-order chi connectivity index (χ0) is 11.9. The number of nitrogens with two attached hydrogens (primary N) is 1. The van der Waals surface area contributed by atoms with E-state index in [1.165, 1.54) is 11.3 Å². The summed E-state index contributed by atoms with van der Waals surface area (Å²) in [5.41, 5.74) is 5.77. The number of hydrogen-bond donors (Lipinski definition) is 1. The molecule has 2 atom stereocenters. The Labute approximate surface area is 98.8 Å². The summed E-state index contributed by atoms with van der Waals surface area (Å²) in [7, 11) is 0. The zero-order valence-electron chi connectivity index (χ0n) is 9.69. The van der Waals surface area contributed by atoms with Crippen LogP contribution in [0.15, 0.2) is 5.38 Å². The fourth-order valence-electron chi connectivity index (χ4n) is 2.04. The molecule has 1 aliphatic rings. The molecule has 1 aliphatic heterocycles. The highest BCUT2D eigenvalue weighted by molar-refractivity contribution is 7.13. The minimum absolute atomic E-state index is 0.0343. The third-order valence-corrected chi connectivity index (χ3v) is 3.78. The van der Waals surface area contributed by atoms with Gasteiger partial charge in [-0.2, -0.15) is 0 Å². The highest BCUT2D eigenvalue weighted by atomic mass is 32.1. The van der Waals surface area contributed by atoms with E-state index in [1.807, 2.05) is 26.2 Å². The molecule has 4 nitrogen and oxygen atoms in total. The summed E-state index contributed by atoms with van der Waals surface area (Å²) in [5.74, 6) is 0.141. The first-order valence-electron chi connectivity index (χ1n) is 5.37. The maximum Gasteiger partial charge on any atom is 0.310 e. The van der Waals surface area contributed by atoms with Crippen molar-refractivity contribution in [1.82, 2.24) is 4.98 Å². The number of cyclic esters (lactones) is 1. The lowest BCUT2D eigenvalue weighted by Gasteiger charge is -2.20. The molecule has 0 aromatic carbocycles. The molecule has 0 unspecified atom stereocenters. The minimum atomic E-state index is -0.597. The Balaban J connectivity index is 2.26. The number of thiazole rings is 1. The van der Waals surface area contributed by atoms with Gasteiger partial charge in [0.2, 0.25) is 0 Å². The molecule has 0 radical (unpaired) electrons. The Morgan fingerprint density at radius 1 is 1.69 bits per heavy atom. The number of nitrogen functional groups attached to an aromatic ring is 1. The van der Waals surface area contributed by atoms with Crippen LogP contribution in [0.5, 0.6) is 0 Å². The van der Waals surface area contributed by atoms with Gasteiger partial charge >= 0.3 is 5.97 Å². The molecule has 0 saturated carbocycles. The Hall–Kier alpha value is -1.10. The third kappa shape index (κ3) is 1.80. The van der Waals surface area contributed by atoms with Crippen molar-refractivity contribution in [1.29, 1.82) is 0 Å². The summed E-state index contributed by atoms with van der Waals surface area (Å²) in [6.07, 6.45) is 0.687. The molecular weight excluding hydrogens is 224 g/mol. The summed E-state index contributed by atoms with van der Waals surface area (Å²) in [6, 6.07) is 0. The first-order valence-corrected chi connectivity index (χ1v) is 6.24. The molecular formula is C11H16N2O2S. The Morgan fingerprint density at radius 3 is 2.81 bits per heavy atom. The molecule has 1 aromatic rings.